The number of aromatic nitrogens is 3. The van der Waals surface area contributed by atoms with Gasteiger partial charge in [0.2, 0.25) is 5.91 Å². The van der Waals surface area contributed by atoms with Crippen LogP contribution in [0, 0.1) is 11.7 Å². The van der Waals surface area contributed by atoms with E-state index in [4.69, 9.17) is 5.73 Å². The minimum atomic E-state index is -0.581. The van der Waals surface area contributed by atoms with E-state index in [1.165, 1.54) is 30.0 Å². The maximum absolute atomic E-state index is 13.9. The fourth-order valence-electron chi connectivity index (χ4n) is 2.46. The van der Waals surface area contributed by atoms with Crippen LogP contribution in [-0.2, 0) is 11.3 Å². The van der Waals surface area contributed by atoms with E-state index in [0.717, 1.165) is 0 Å². The van der Waals surface area contributed by atoms with Crippen molar-refractivity contribution in [3.05, 3.63) is 41.5 Å². The first-order valence-corrected chi connectivity index (χ1v) is 9.23. The largest absolute Gasteiger partial charge is 0.369 e. The predicted octanol–water partition coefficient (Wildman–Crippen LogP) is 2.14. The molecule has 1 aromatic carbocycles. The minimum Gasteiger partial charge on any atom is -0.369 e. The van der Waals surface area contributed by atoms with Gasteiger partial charge in [-0.15, -0.1) is 10.2 Å². The van der Waals surface area contributed by atoms with Crippen molar-refractivity contribution in [3.63, 3.8) is 0 Å². The summed E-state index contributed by atoms with van der Waals surface area (Å²) in [6.07, 6.45) is 0. The summed E-state index contributed by atoms with van der Waals surface area (Å²) in [7, 11) is 0. The molecule has 26 heavy (non-hydrogen) atoms. The molecule has 3 N–H and O–H groups in total. The Morgan fingerprint density at radius 1 is 1.31 bits per heavy atom. The van der Waals surface area contributed by atoms with Crippen LogP contribution in [0.25, 0.3) is 0 Å². The van der Waals surface area contributed by atoms with Crippen molar-refractivity contribution in [2.24, 2.45) is 11.7 Å². The van der Waals surface area contributed by atoms with Crippen molar-refractivity contribution in [1.29, 1.82) is 0 Å². The lowest BCUT2D eigenvalue weighted by Crippen LogP contribution is -2.34. The number of nitrogens with zero attached hydrogens (tertiary/aromatic N) is 3. The molecule has 140 valence electrons. The summed E-state index contributed by atoms with van der Waals surface area (Å²) in [6, 6.07) is 5.35. The molecule has 0 saturated heterocycles. The highest BCUT2D eigenvalue weighted by molar-refractivity contribution is 7.99. The predicted molar refractivity (Wildman–Crippen MR) is 97.1 cm³/mol. The lowest BCUT2D eigenvalue weighted by molar-refractivity contribution is -0.115. The molecule has 7 nitrogen and oxygen atoms in total. The SMILES string of the molecule is CCn1c(SCC(N)=O)nnc1[C@@H](NC(=O)c1ccccc1F)C(C)C. The second-order valence-corrected chi connectivity index (χ2v) is 6.96. The molecule has 0 aliphatic carbocycles. The topological polar surface area (TPSA) is 103 Å². The fraction of sp³-hybridized carbons (Fsp3) is 0.412. The van der Waals surface area contributed by atoms with Gasteiger partial charge in [-0.25, -0.2) is 4.39 Å². The number of nitrogens with two attached hydrogens (primary N) is 1. The maximum atomic E-state index is 13.9. The van der Waals surface area contributed by atoms with E-state index in [1.54, 1.807) is 6.07 Å². The molecule has 1 aromatic heterocycles. The first-order valence-electron chi connectivity index (χ1n) is 8.24. The number of primary amides is 1. The molecule has 0 aliphatic heterocycles. The van der Waals surface area contributed by atoms with Crippen LogP contribution in [0.15, 0.2) is 29.4 Å². The fourth-order valence-corrected chi connectivity index (χ4v) is 3.21. The summed E-state index contributed by atoms with van der Waals surface area (Å²) in [5.74, 6) is -0.906. The average Bonchev–Trinajstić information content (AvgIpc) is 3.00. The van der Waals surface area contributed by atoms with Gasteiger partial charge in [0, 0.05) is 6.54 Å². The number of hydrogen-bond donors (Lipinski definition) is 2. The molecule has 0 bridgehead atoms. The zero-order chi connectivity index (χ0) is 19.3. The molecule has 0 spiro atoms. The number of rotatable bonds is 8. The summed E-state index contributed by atoms with van der Waals surface area (Å²) in [4.78, 5) is 23.5. The Balaban J connectivity index is 2.28. The third-order valence-electron chi connectivity index (χ3n) is 3.76. The summed E-state index contributed by atoms with van der Waals surface area (Å²) in [5, 5.41) is 11.7. The van der Waals surface area contributed by atoms with Crippen LogP contribution >= 0.6 is 11.8 Å². The molecule has 0 fully saturated rings. The Labute approximate surface area is 155 Å². The van der Waals surface area contributed by atoms with Gasteiger partial charge in [0.15, 0.2) is 11.0 Å². The Hall–Kier alpha value is -2.42. The van der Waals surface area contributed by atoms with E-state index in [1.807, 2.05) is 25.3 Å². The number of carbonyl (C=O) groups is 2. The highest BCUT2D eigenvalue weighted by Crippen LogP contribution is 2.25. The summed E-state index contributed by atoms with van der Waals surface area (Å²) < 4.78 is 15.7. The van der Waals surface area contributed by atoms with Gasteiger partial charge >= 0.3 is 0 Å². The molecule has 2 amide bonds. The van der Waals surface area contributed by atoms with Crippen molar-refractivity contribution in [3.8, 4) is 0 Å². The average molecular weight is 379 g/mol. The molecule has 0 unspecified atom stereocenters. The normalized spacial score (nSPS) is 12.2. The molecule has 0 aliphatic rings. The molecule has 9 heteroatoms. The van der Waals surface area contributed by atoms with Crippen molar-refractivity contribution >= 4 is 23.6 Å². The van der Waals surface area contributed by atoms with Crippen molar-refractivity contribution < 1.29 is 14.0 Å². The Morgan fingerprint density at radius 2 is 2.00 bits per heavy atom. The van der Waals surface area contributed by atoms with Crippen molar-refractivity contribution in [1.82, 2.24) is 20.1 Å². The van der Waals surface area contributed by atoms with Gasteiger partial charge in [-0.05, 0) is 25.0 Å². The first kappa shape index (κ1) is 19.9. The van der Waals surface area contributed by atoms with Gasteiger partial charge in [-0.2, -0.15) is 0 Å². The van der Waals surface area contributed by atoms with Gasteiger partial charge in [-0.3, -0.25) is 9.59 Å². The number of amides is 2. The second-order valence-electron chi connectivity index (χ2n) is 6.02. The van der Waals surface area contributed by atoms with Gasteiger partial charge in [0.05, 0.1) is 17.4 Å². The van der Waals surface area contributed by atoms with E-state index in [9.17, 15) is 14.0 Å². The lowest BCUT2D eigenvalue weighted by atomic mass is 10.0. The smallest absolute Gasteiger partial charge is 0.254 e. The Kier molecular flexibility index (Phi) is 6.73. The highest BCUT2D eigenvalue weighted by Gasteiger charge is 2.26. The van der Waals surface area contributed by atoms with Gasteiger partial charge in [0.1, 0.15) is 5.82 Å². The standard InChI is InChI=1S/C17H22FN5O2S/c1-4-23-15(21-22-17(23)26-9-13(19)24)14(10(2)3)20-16(25)11-7-5-6-8-12(11)18/h5-8,10,14H,4,9H2,1-3H3,(H2,19,24)(H,20,25)/t14-/m0/s1. The summed E-state index contributed by atoms with van der Waals surface area (Å²) in [5.41, 5.74) is 5.16. The van der Waals surface area contributed by atoms with Crippen LogP contribution in [0.3, 0.4) is 0 Å². The van der Waals surface area contributed by atoms with Crippen molar-refractivity contribution in [2.75, 3.05) is 5.75 Å². The monoisotopic (exact) mass is 379 g/mol. The third-order valence-corrected chi connectivity index (χ3v) is 4.74. The van der Waals surface area contributed by atoms with E-state index < -0.39 is 23.7 Å². The van der Waals surface area contributed by atoms with Crippen LogP contribution in [0.5, 0.6) is 0 Å². The lowest BCUT2D eigenvalue weighted by Gasteiger charge is -2.22. The van der Waals surface area contributed by atoms with E-state index >= 15 is 0 Å². The third kappa shape index (κ3) is 4.60. The number of hydrogen-bond acceptors (Lipinski definition) is 5. The Morgan fingerprint density at radius 3 is 2.58 bits per heavy atom. The van der Waals surface area contributed by atoms with Crippen LogP contribution < -0.4 is 11.1 Å². The zero-order valence-electron chi connectivity index (χ0n) is 14.9. The maximum Gasteiger partial charge on any atom is 0.254 e. The van der Waals surface area contributed by atoms with Gasteiger partial charge in [0.25, 0.3) is 5.91 Å². The van der Waals surface area contributed by atoms with Gasteiger partial charge in [-0.1, -0.05) is 37.7 Å². The van der Waals surface area contributed by atoms with E-state index in [-0.39, 0.29) is 17.2 Å². The quantitative estimate of drug-likeness (QED) is 0.684. The summed E-state index contributed by atoms with van der Waals surface area (Å²) >= 11 is 1.19. The molecule has 2 rings (SSSR count). The Bertz CT molecular complexity index is 793. The second kappa shape index (κ2) is 8.79. The number of halogens is 1. The number of nitrogens with one attached hydrogen (secondary N) is 1. The molecule has 1 heterocycles. The number of thioether (sulfide) groups is 1. The summed E-state index contributed by atoms with van der Waals surface area (Å²) in [6.45, 7) is 6.33. The van der Waals surface area contributed by atoms with Crippen LogP contribution in [-0.4, -0.2) is 32.3 Å². The molecule has 1 atom stereocenters. The van der Waals surface area contributed by atoms with E-state index in [2.05, 4.69) is 15.5 Å². The minimum absolute atomic E-state index is 0.00536. The number of carbonyl (C=O) groups excluding carboxylic acids is 2. The molecule has 0 radical (unpaired) electrons. The van der Waals surface area contributed by atoms with Crippen LogP contribution in [0.1, 0.15) is 43.0 Å². The molecule has 2 aromatic rings. The van der Waals surface area contributed by atoms with E-state index in [0.29, 0.717) is 17.5 Å². The van der Waals surface area contributed by atoms with Crippen LogP contribution in [0.4, 0.5) is 4.39 Å². The molecular weight excluding hydrogens is 357 g/mol. The molecular formula is C17H22FN5O2S. The van der Waals surface area contributed by atoms with Gasteiger partial charge < -0.3 is 15.6 Å². The highest BCUT2D eigenvalue weighted by atomic mass is 32.2. The molecule has 0 saturated carbocycles. The zero-order valence-corrected chi connectivity index (χ0v) is 15.7. The number of benzene rings is 1. The van der Waals surface area contributed by atoms with Crippen molar-refractivity contribution in [2.45, 2.75) is 38.5 Å². The van der Waals surface area contributed by atoms with Crippen LogP contribution in [0.2, 0.25) is 0 Å². The first-order chi connectivity index (χ1) is 12.3.